The number of amides is 1. The number of hydrogen-bond acceptors (Lipinski definition) is 6. The highest BCUT2D eigenvalue weighted by molar-refractivity contribution is 5.77. The summed E-state index contributed by atoms with van der Waals surface area (Å²) >= 11 is 0. The summed E-state index contributed by atoms with van der Waals surface area (Å²) in [6, 6.07) is 7.02. The van der Waals surface area contributed by atoms with Crippen LogP contribution in [0.1, 0.15) is 5.56 Å². The molecule has 0 saturated heterocycles. The number of halogens is 3. The molecule has 0 saturated carbocycles. The molecule has 0 aliphatic rings. The number of ether oxygens (including phenoxy) is 1. The van der Waals surface area contributed by atoms with Gasteiger partial charge in [0.25, 0.3) is 11.5 Å². The van der Waals surface area contributed by atoms with Crippen LogP contribution >= 0.6 is 0 Å². The van der Waals surface area contributed by atoms with Crippen LogP contribution in [0.15, 0.2) is 53.8 Å². The Morgan fingerprint density at radius 2 is 2.03 bits per heavy atom. The molecule has 152 valence electrons. The molecule has 0 atom stereocenters. The first-order valence-corrected chi connectivity index (χ1v) is 8.33. The van der Waals surface area contributed by atoms with Gasteiger partial charge in [-0.25, -0.2) is 14.3 Å². The number of carbonyl (C=O) groups excluding carboxylic acids is 1. The van der Waals surface area contributed by atoms with Crippen LogP contribution in [0.5, 0.6) is 5.75 Å². The molecule has 2 aromatic heterocycles. The van der Waals surface area contributed by atoms with Crippen LogP contribution in [0, 0.1) is 0 Å². The summed E-state index contributed by atoms with van der Waals surface area (Å²) < 4.78 is 45.6. The highest BCUT2D eigenvalue weighted by Crippen LogP contribution is 2.31. The van der Waals surface area contributed by atoms with Crippen molar-refractivity contribution in [2.24, 2.45) is 0 Å². The molecule has 29 heavy (non-hydrogen) atoms. The standard InChI is InChI=1S/C17H15F3N6O3/c18-17(19,20)12-2-1-3-13(8-12)29-9-15(27)22-6-7-25-16(28)5-4-14(24-25)26-11-21-10-23-26/h1-5,8,10-11H,6-7,9H2,(H,22,27). The second kappa shape index (κ2) is 8.54. The second-order valence-corrected chi connectivity index (χ2v) is 5.76. The van der Waals surface area contributed by atoms with Gasteiger partial charge in [-0.1, -0.05) is 6.07 Å². The van der Waals surface area contributed by atoms with E-state index in [9.17, 15) is 22.8 Å². The van der Waals surface area contributed by atoms with Crippen LogP contribution in [-0.2, 0) is 17.5 Å². The lowest BCUT2D eigenvalue weighted by molar-refractivity contribution is -0.137. The predicted octanol–water partition coefficient (Wildman–Crippen LogP) is 1.04. The molecule has 12 heteroatoms. The molecule has 3 rings (SSSR count). The summed E-state index contributed by atoms with van der Waals surface area (Å²) in [4.78, 5) is 27.5. The first-order valence-electron chi connectivity index (χ1n) is 8.33. The molecule has 0 aliphatic carbocycles. The zero-order valence-electron chi connectivity index (χ0n) is 14.8. The lowest BCUT2D eigenvalue weighted by atomic mass is 10.2. The zero-order valence-corrected chi connectivity index (χ0v) is 14.8. The van der Waals surface area contributed by atoms with Crippen LogP contribution in [0.25, 0.3) is 5.82 Å². The van der Waals surface area contributed by atoms with E-state index in [1.807, 2.05) is 0 Å². The van der Waals surface area contributed by atoms with E-state index in [4.69, 9.17) is 4.74 Å². The van der Waals surface area contributed by atoms with Crippen molar-refractivity contribution in [2.75, 3.05) is 13.2 Å². The smallest absolute Gasteiger partial charge is 0.416 e. The minimum Gasteiger partial charge on any atom is -0.484 e. The first-order chi connectivity index (χ1) is 13.8. The van der Waals surface area contributed by atoms with Crippen molar-refractivity contribution in [3.05, 3.63) is 65.0 Å². The summed E-state index contributed by atoms with van der Waals surface area (Å²) in [5.74, 6) is -0.252. The van der Waals surface area contributed by atoms with Crippen LogP contribution in [0.4, 0.5) is 13.2 Å². The topological polar surface area (TPSA) is 104 Å². The van der Waals surface area contributed by atoms with E-state index in [2.05, 4.69) is 20.5 Å². The maximum absolute atomic E-state index is 12.7. The Kier molecular flexibility index (Phi) is 5.90. The maximum atomic E-state index is 12.7. The molecular formula is C17H15F3N6O3. The Morgan fingerprint density at radius 3 is 2.76 bits per heavy atom. The molecule has 2 heterocycles. The van der Waals surface area contributed by atoms with Crippen LogP contribution in [0.3, 0.4) is 0 Å². The molecule has 0 aliphatic heterocycles. The van der Waals surface area contributed by atoms with Gasteiger partial charge >= 0.3 is 6.18 Å². The van der Waals surface area contributed by atoms with Gasteiger partial charge in [0.1, 0.15) is 18.4 Å². The minimum absolute atomic E-state index is 0.0680. The normalized spacial score (nSPS) is 11.3. The molecule has 1 amide bonds. The van der Waals surface area contributed by atoms with E-state index >= 15 is 0 Å². The first kappa shape index (κ1) is 20.0. The number of hydrogen-bond donors (Lipinski definition) is 1. The molecule has 0 spiro atoms. The third kappa shape index (κ3) is 5.40. The number of benzene rings is 1. The fraction of sp³-hybridized carbons (Fsp3) is 0.235. The minimum atomic E-state index is -4.50. The Morgan fingerprint density at radius 1 is 1.21 bits per heavy atom. The van der Waals surface area contributed by atoms with Gasteiger partial charge in [-0.3, -0.25) is 9.59 Å². The summed E-state index contributed by atoms with van der Waals surface area (Å²) in [6.07, 6.45) is -1.76. The zero-order chi connectivity index (χ0) is 20.9. The third-order valence-corrected chi connectivity index (χ3v) is 3.68. The summed E-state index contributed by atoms with van der Waals surface area (Å²) in [7, 11) is 0. The number of nitrogens with one attached hydrogen (secondary N) is 1. The number of nitrogens with zero attached hydrogens (tertiary/aromatic N) is 5. The third-order valence-electron chi connectivity index (χ3n) is 3.68. The van der Waals surface area contributed by atoms with Gasteiger partial charge in [0, 0.05) is 12.6 Å². The number of alkyl halides is 3. The molecule has 1 aromatic carbocycles. The fourth-order valence-electron chi connectivity index (χ4n) is 2.31. The predicted molar refractivity (Wildman–Crippen MR) is 93.4 cm³/mol. The number of carbonyl (C=O) groups is 1. The van der Waals surface area contributed by atoms with Crippen molar-refractivity contribution in [1.29, 1.82) is 0 Å². The molecule has 9 nitrogen and oxygen atoms in total. The summed E-state index contributed by atoms with van der Waals surface area (Å²) in [6.45, 7) is -0.322. The quantitative estimate of drug-likeness (QED) is 0.627. The fourth-order valence-corrected chi connectivity index (χ4v) is 2.31. The van der Waals surface area contributed by atoms with E-state index in [-0.39, 0.29) is 24.4 Å². The van der Waals surface area contributed by atoms with Gasteiger partial charge in [0.05, 0.1) is 12.1 Å². The molecule has 0 bridgehead atoms. The van der Waals surface area contributed by atoms with Crippen LogP contribution in [0.2, 0.25) is 0 Å². The van der Waals surface area contributed by atoms with Crippen LogP contribution in [-0.4, -0.2) is 43.6 Å². The summed E-state index contributed by atoms with van der Waals surface area (Å²) in [5, 5.41) is 10.5. The Hall–Kier alpha value is -3.70. The molecule has 3 aromatic rings. The van der Waals surface area contributed by atoms with E-state index in [1.54, 1.807) is 0 Å². The van der Waals surface area contributed by atoms with Crippen molar-refractivity contribution in [3.8, 4) is 11.6 Å². The largest absolute Gasteiger partial charge is 0.484 e. The van der Waals surface area contributed by atoms with Crippen LogP contribution < -0.4 is 15.6 Å². The highest BCUT2D eigenvalue weighted by atomic mass is 19.4. The van der Waals surface area contributed by atoms with E-state index < -0.39 is 24.3 Å². The lowest BCUT2D eigenvalue weighted by Gasteiger charge is -2.11. The SMILES string of the molecule is O=C(COc1cccc(C(F)(F)F)c1)NCCn1nc(-n2cncn2)ccc1=O. The summed E-state index contributed by atoms with van der Waals surface area (Å²) in [5.41, 5.74) is -1.24. The van der Waals surface area contributed by atoms with Crippen molar-refractivity contribution in [1.82, 2.24) is 29.9 Å². The number of aromatic nitrogens is 5. The molecule has 0 fully saturated rings. The Balaban J connectivity index is 1.51. The second-order valence-electron chi connectivity index (χ2n) is 5.76. The van der Waals surface area contributed by atoms with Gasteiger partial charge in [0.2, 0.25) is 0 Å². The maximum Gasteiger partial charge on any atom is 0.416 e. The highest BCUT2D eigenvalue weighted by Gasteiger charge is 2.30. The van der Waals surface area contributed by atoms with E-state index in [1.165, 1.54) is 41.6 Å². The van der Waals surface area contributed by atoms with Gasteiger partial charge in [0.15, 0.2) is 12.4 Å². The van der Waals surface area contributed by atoms with Crippen molar-refractivity contribution < 1.29 is 22.7 Å². The Labute approximate surface area is 161 Å². The molecule has 1 N–H and O–H groups in total. The molecule has 0 radical (unpaired) electrons. The van der Waals surface area contributed by atoms with Gasteiger partial charge in [-0.15, -0.1) is 5.10 Å². The van der Waals surface area contributed by atoms with E-state index in [0.29, 0.717) is 5.82 Å². The van der Waals surface area contributed by atoms with Crippen molar-refractivity contribution in [2.45, 2.75) is 12.7 Å². The van der Waals surface area contributed by atoms with Gasteiger partial charge < -0.3 is 10.1 Å². The molecular weight excluding hydrogens is 393 g/mol. The monoisotopic (exact) mass is 408 g/mol. The Bertz CT molecular complexity index is 1030. The average Bonchev–Trinajstić information content (AvgIpc) is 3.22. The number of rotatable bonds is 7. The van der Waals surface area contributed by atoms with Gasteiger partial charge in [-0.2, -0.15) is 18.3 Å². The van der Waals surface area contributed by atoms with Crippen molar-refractivity contribution >= 4 is 5.91 Å². The average molecular weight is 408 g/mol. The van der Waals surface area contributed by atoms with Gasteiger partial charge in [-0.05, 0) is 24.3 Å². The van der Waals surface area contributed by atoms with E-state index in [0.717, 1.165) is 16.8 Å². The lowest BCUT2D eigenvalue weighted by Crippen LogP contribution is -2.34. The van der Waals surface area contributed by atoms with Crippen molar-refractivity contribution in [3.63, 3.8) is 0 Å². The molecule has 0 unspecified atom stereocenters.